The SMILES string of the molecule is COc1ccc(N(c2ccc(Cl)cc2)c2ccc(-c3c4ccccc4c(-c4ccc(N(c5ccc(Cl)cc5)c5ccc(OC)cc5)cc4)c4ccccc34)cc2)cc1.Cc1ccc(N(c2ccc(C)cc2)c2ccc(-c3c4ccccc4c(-c4ccc(N(c5ccc(C)cc5)c5ccc(C)cc5)cc4)c4ccccc34)cc2)cc1. The van der Waals surface area contributed by atoms with E-state index < -0.39 is 0 Å². The molecule has 0 fully saturated rings. The van der Waals surface area contributed by atoms with Crippen molar-refractivity contribution in [2.45, 2.75) is 27.7 Å². The van der Waals surface area contributed by atoms with Gasteiger partial charge in [-0.25, -0.2) is 0 Å². The van der Waals surface area contributed by atoms with Crippen LogP contribution in [-0.2, 0) is 0 Å². The van der Waals surface area contributed by atoms with Crippen molar-refractivity contribution in [2.24, 2.45) is 0 Å². The second-order valence-corrected chi connectivity index (χ2v) is 29.8. The van der Waals surface area contributed by atoms with Gasteiger partial charge in [0.1, 0.15) is 11.5 Å². The molecule has 114 heavy (non-hydrogen) atoms. The van der Waals surface area contributed by atoms with Crippen LogP contribution in [0.4, 0.5) is 68.2 Å². The molecule has 0 unspecified atom stereocenters. The van der Waals surface area contributed by atoms with Gasteiger partial charge in [-0.3, -0.25) is 0 Å². The van der Waals surface area contributed by atoms with Crippen molar-refractivity contribution in [3.05, 3.63) is 421 Å². The normalized spacial score (nSPS) is 11.2. The molecule has 0 aliphatic rings. The molecule has 6 nitrogen and oxygen atoms in total. The molecular weight excluding hydrogens is 1430 g/mol. The highest BCUT2D eigenvalue weighted by Crippen LogP contribution is 2.49. The summed E-state index contributed by atoms with van der Waals surface area (Å²) >= 11 is 12.6. The lowest BCUT2D eigenvalue weighted by atomic mass is 9.86. The topological polar surface area (TPSA) is 31.4 Å². The van der Waals surface area contributed by atoms with Gasteiger partial charge >= 0.3 is 0 Å². The van der Waals surface area contributed by atoms with Crippen LogP contribution in [0.25, 0.3) is 87.6 Å². The Morgan fingerprint density at radius 3 is 0.474 bits per heavy atom. The quantitative estimate of drug-likeness (QED) is 0.0796. The summed E-state index contributed by atoms with van der Waals surface area (Å²) in [4.78, 5) is 9.13. The number of hydrogen-bond acceptors (Lipinski definition) is 6. The number of nitrogens with zero attached hydrogens (tertiary/aromatic N) is 4. The molecule has 0 N–H and O–H groups in total. The van der Waals surface area contributed by atoms with Crippen LogP contribution in [0.15, 0.2) is 388 Å². The summed E-state index contributed by atoms with van der Waals surface area (Å²) in [5, 5.41) is 11.1. The average Bonchev–Trinajstić information content (AvgIpc) is 0.737. The first-order valence-corrected chi connectivity index (χ1v) is 39.2. The zero-order chi connectivity index (χ0) is 77.8. The highest BCUT2D eigenvalue weighted by molar-refractivity contribution is 6.31. The standard InChI is InChI=1S/C54H44N2.C52H38Cl2N2O2/c1-37-13-25-43(26-14-37)55(44-27-15-38(2)16-28-44)47-33-21-41(22-34-47)53-49-9-5-7-11-51(49)54(52-12-8-6-10-50(52)53)42-23-35-48(36-24-42)56(45-29-17-39(3)18-30-45)46-31-19-40(4)20-32-46;1-57-45-31-27-43(28-32-45)55(41-23-15-37(53)16-24-41)39-19-11-35(12-20-39)51-47-7-3-5-9-49(47)52(50-10-6-4-8-48(50)51)36-13-21-40(22-14-36)56(42-25-17-38(54)18-26-42)44-29-33-46(58-2)34-30-44/h5-36H,1-4H3;3-34H,1-2H3. The fourth-order valence-corrected chi connectivity index (χ4v) is 16.1. The fraction of sp³-hybridized carbons (Fsp3) is 0.0566. The van der Waals surface area contributed by atoms with E-state index in [0.29, 0.717) is 10.0 Å². The highest BCUT2D eigenvalue weighted by atomic mass is 35.5. The van der Waals surface area contributed by atoms with Crippen molar-refractivity contribution >= 4 is 135 Å². The van der Waals surface area contributed by atoms with E-state index in [1.165, 1.54) is 98.7 Å². The van der Waals surface area contributed by atoms with E-state index in [2.05, 4.69) is 363 Å². The van der Waals surface area contributed by atoms with Gasteiger partial charge in [0.25, 0.3) is 0 Å². The Morgan fingerprint density at radius 2 is 0.316 bits per heavy atom. The maximum absolute atomic E-state index is 6.32. The number of rotatable bonds is 18. The lowest BCUT2D eigenvalue weighted by molar-refractivity contribution is 0.414. The molecule has 18 aromatic rings. The highest BCUT2D eigenvalue weighted by Gasteiger charge is 2.23. The summed E-state index contributed by atoms with van der Waals surface area (Å²) in [5.74, 6) is 1.61. The van der Waals surface area contributed by atoms with Crippen LogP contribution in [0, 0.1) is 27.7 Å². The van der Waals surface area contributed by atoms with Crippen LogP contribution < -0.4 is 29.1 Å². The van der Waals surface area contributed by atoms with Gasteiger partial charge < -0.3 is 29.1 Å². The maximum atomic E-state index is 6.32. The number of halogens is 2. The smallest absolute Gasteiger partial charge is 0.119 e. The van der Waals surface area contributed by atoms with Gasteiger partial charge in [0, 0.05) is 78.3 Å². The fourth-order valence-electron chi connectivity index (χ4n) is 15.8. The molecule has 0 aromatic heterocycles. The van der Waals surface area contributed by atoms with E-state index in [1.807, 2.05) is 72.8 Å². The molecular formula is C106H82Cl2N4O2. The number of methoxy groups -OCH3 is 2. The number of ether oxygens (including phenoxy) is 2. The Bertz CT molecular complexity index is 5820. The molecule has 18 aromatic carbocycles. The van der Waals surface area contributed by atoms with E-state index in [4.69, 9.17) is 32.7 Å². The Balaban J connectivity index is 0.000000165. The van der Waals surface area contributed by atoms with Crippen LogP contribution in [0.1, 0.15) is 22.3 Å². The predicted octanol–water partition coefficient (Wildman–Crippen LogP) is 31.1. The van der Waals surface area contributed by atoms with Gasteiger partial charge in [-0.1, -0.05) is 240 Å². The van der Waals surface area contributed by atoms with Crippen molar-refractivity contribution < 1.29 is 9.47 Å². The van der Waals surface area contributed by atoms with Crippen molar-refractivity contribution in [2.75, 3.05) is 33.8 Å². The number of hydrogen-bond donors (Lipinski definition) is 0. The predicted molar refractivity (Wildman–Crippen MR) is 485 cm³/mol. The minimum absolute atomic E-state index is 0.695. The third kappa shape index (κ3) is 14.9. The van der Waals surface area contributed by atoms with Crippen LogP contribution in [-0.4, -0.2) is 14.2 Å². The van der Waals surface area contributed by atoms with Crippen molar-refractivity contribution in [3.8, 4) is 56.0 Å². The molecule has 18 rings (SSSR count). The summed E-state index contributed by atoms with van der Waals surface area (Å²) in [5.41, 5.74) is 27.5. The Kier molecular flexibility index (Phi) is 20.8. The first kappa shape index (κ1) is 73.2. The monoisotopic (exact) mass is 1510 g/mol. The zero-order valence-electron chi connectivity index (χ0n) is 64.3. The van der Waals surface area contributed by atoms with Crippen LogP contribution in [0.3, 0.4) is 0 Å². The molecule has 0 amide bonds. The minimum atomic E-state index is 0.695. The Labute approximate surface area is 677 Å². The van der Waals surface area contributed by atoms with Gasteiger partial charge in [0.05, 0.1) is 14.2 Å². The van der Waals surface area contributed by atoms with Crippen molar-refractivity contribution in [1.29, 1.82) is 0 Å². The lowest BCUT2D eigenvalue weighted by Gasteiger charge is -2.26. The van der Waals surface area contributed by atoms with Crippen LogP contribution in [0.5, 0.6) is 11.5 Å². The molecule has 8 heteroatoms. The average molecular weight is 1510 g/mol. The maximum Gasteiger partial charge on any atom is 0.119 e. The number of anilines is 12. The number of fused-ring (bicyclic) bond motifs is 4. The number of benzene rings is 18. The molecule has 0 bridgehead atoms. The summed E-state index contributed by atoms with van der Waals surface area (Å²) in [7, 11) is 3.37. The van der Waals surface area contributed by atoms with E-state index in [1.54, 1.807) is 14.2 Å². The number of aryl methyl sites for hydroxylation is 4. The van der Waals surface area contributed by atoms with Crippen LogP contribution >= 0.6 is 23.2 Å². The van der Waals surface area contributed by atoms with Gasteiger partial charge in [-0.2, -0.15) is 0 Å². The van der Waals surface area contributed by atoms with Crippen LogP contribution in [0.2, 0.25) is 10.0 Å². The Morgan fingerprint density at radius 1 is 0.175 bits per heavy atom. The molecule has 0 spiro atoms. The molecule has 552 valence electrons. The molecule has 0 heterocycles. The van der Waals surface area contributed by atoms with Crippen molar-refractivity contribution in [3.63, 3.8) is 0 Å². The van der Waals surface area contributed by atoms with Gasteiger partial charge in [0.2, 0.25) is 0 Å². The Hall–Kier alpha value is -13.6. The zero-order valence-corrected chi connectivity index (χ0v) is 65.8. The van der Waals surface area contributed by atoms with Gasteiger partial charge in [-0.15, -0.1) is 0 Å². The minimum Gasteiger partial charge on any atom is -0.497 e. The third-order valence-electron chi connectivity index (χ3n) is 21.5. The molecule has 0 saturated carbocycles. The molecule has 0 aliphatic carbocycles. The largest absolute Gasteiger partial charge is 0.497 e. The summed E-state index contributed by atoms with van der Waals surface area (Å²) in [6, 6.07) is 138. The second-order valence-electron chi connectivity index (χ2n) is 28.9. The third-order valence-corrected chi connectivity index (χ3v) is 22.0. The lowest BCUT2D eigenvalue weighted by Crippen LogP contribution is -2.09. The van der Waals surface area contributed by atoms with E-state index in [9.17, 15) is 0 Å². The van der Waals surface area contributed by atoms with Gasteiger partial charge in [-0.05, 0) is 309 Å². The first-order valence-electron chi connectivity index (χ1n) is 38.5. The summed E-state index contributed by atoms with van der Waals surface area (Å²) in [6.07, 6.45) is 0. The molecule has 0 saturated heterocycles. The molecule has 0 radical (unpaired) electrons. The summed E-state index contributed by atoms with van der Waals surface area (Å²) in [6.45, 7) is 8.54. The van der Waals surface area contributed by atoms with E-state index >= 15 is 0 Å². The van der Waals surface area contributed by atoms with Gasteiger partial charge in [0.15, 0.2) is 0 Å². The second kappa shape index (κ2) is 32.4. The molecule has 0 aliphatic heterocycles. The van der Waals surface area contributed by atoms with E-state index in [0.717, 1.165) is 90.9 Å². The van der Waals surface area contributed by atoms with E-state index in [-0.39, 0.29) is 0 Å². The molecule has 0 atom stereocenters. The first-order chi connectivity index (χ1) is 55.9. The van der Waals surface area contributed by atoms with Crippen molar-refractivity contribution in [1.82, 2.24) is 0 Å². The summed E-state index contributed by atoms with van der Waals surface area (Å²) < 4.78 is 10.9.